The summed E-state index contributed by atoms with van der Waals surface area (Å²) in [5.41, 5.74) is -0.365. The van der Waals surface area contributed by atoms with Crippen LogP contribution in [0.25, 0.3) is 16.7 Å². The van der Waals surface area contributed by atoms with E-state index in [-0.39, 0.29) is 16.4 Å². The van der Waals surface area contributed by atoms with Crippen molar-refractivity contribution in [1.29, 1.82) is 0 Å². The molecule has 10 heteroatoms. The number of Topliss-reactive ketones (excluding diaryl/α,β-unsaturated/α-hetero) is 1. The van der Waals surface area contributed by atoms with Crippen molar-refractivity contribution < 1.29 is 27.5 Å². The van der Waals surface area contributed by atoms with Gasteiger partial charge in [0.25, 0.3) is 11.7 Å². The summed E-state index contributed by atoms with van der Waals surface area (Å²) in [5.74, 6) is -1.35. The number of rotatable bonds is 3. The van der Waals surface area contributed by atoms with Gasteiger partial charge in [0.2, 0.25) is 0 Å². The molecule has 0 saturated carbocycles. The van der Waals surface area contributed by atoms with Gasteiger partial charge in [-0.1, -0.05) is 29.8 Å². The zero-order valence-corrected chi connectivity index (χ0v) is 16.2. The second-order valence-corrected chi connectivity index (χ2v) is 7.10. The fraction of sp³-hybridized carbons (Fsp3) is 0.250. The maximum atomic E-state index is 12.9. The molecule has 1 aromatic carbocycles. The van der Waals surface area contributed by atoms with E-state index in [9.17, 15) is 22.8 Å². The molecule has 0 spiro atoms. The van der Waals surface area contributed by atoms with Crippen molar-refractivity contribution in [2.75, 3.05) is 26.3 Å². The number of carbonyl (C=O) groups excluding carboxylic acids is 2. The Labute approximate surface area is 173 Å². The lowest BCUT2D eigenvalue weighted by Gasteiger charge is -2.25. The number of pyridine rings is 1. The first-order valence-corrected chi connectivity index (χ1v) is 9.39. The lowest BCUT2D eigenvalue weighted by Crippen LogP contribution is -2.44. The molecule has 0 atom stereocenters. The molecule has 1 amide bonds. The molecule has 0 aliphatic carbocycles. The van der Waals surface area contributed by atoms with Gasteiger partial charge in [-0.25, -0.2) is 4.98 Å². The monoisotopic (exact) mass is 437 g/mol. The number of hydrogen-bond donors (Lipinski definition) is 0. The zero-order valence-electron chi connectivity index (χ0n) is 15.4. The predicted octanol–water partition coefficient (Wildman–Crippen LogP) is 3.74. The Balaban J connectivity index is 1.78. The molecule has 0 unspecified atom stereocenters. The Morgan fingerprint density at radius 1 is 1.13 bits per heavy atom. The Bertz CT molecular complexity index is 1140. The van der Waals surface area contributed by atoms with E-state index in [1.165, 1.54) is 15.7 Å². The number of carbonyl (C=O) groups is 2. The molecule has 1 fully saturated rings. The lowest BCUT2D eigenvalue weighted by molar-refractivity contribution is -0.137. The van der Waals surface area contributed by atoms with E-state index < -0.39 is 23.4 Å². The molecule has 3 aromatic rings. The normalized spacial score (nSPS) is 14.9. The fourth-order valence-corrected chi connectivity index (χ4v) is 3.58. The third-order valence-corrected chi connectivity index (χ3v) is 5.10. The summed E-state index contributed by atoms with van der Waals surface area (Å²) in [5, 5.41) is 0.242. The van der Waals surface area contributed by atoms with Crippen molar-refractivity contribution in [3.05, 3.63) is 58.9 Å². The summed E-state index contributed by atoms with van der Waals surface area (Å²) in [6.45, 7) is 1.34. The third-order valence-electron chi connectivity index (χ3n) is 4.83. The lowest BCUT2D eigenvalue weighted by atomic mass is 10.1. The molecular weight excluding hydrogens is 423 g/mol. The fourth-order valence-electron chi connectivity index (χ4n) is 3.32. The van der Waals surface area contributed by atoms with Gasteiger partial charge in [0, 0.05) is 30.9 Å². The first kappa shape index (κ1) is 20.4. The number of halogens is 4. The quantitative estimate of drug-likeness (QED) is 0.462. The van der Waals surface area contributed by atoms with Crippen molar-refractivity contribution in [1.82, 2.24) is 14.5 Å². The standard InChI is InChI=1S/C20H15ClF3N3O3/c21-15-9-12(20(22,23)24)10-25-18(15)27-11-14(13-3-1-2-4-16(13)27)17(28)19(29)26-5-7-30-8-6-26/h1-4,9-11H,5-8H2. The highest BCUT2D eigenvalue weighted by atomic mass is 35.5. The minimum absolute atomic E-state index is 0.0266. The van der Waals surface area contributed by atoms with Crippen molar-refractivity contribution in [3.8, 4) is 5.82 Å². The van der Waals surface area contributed by atoms with Gasteiger partial charge in [0.05, 0.1) is 34.9 Å². The third kappa shape index (κ3) is 3.66. The Morgan fingerprint density at radius 3 is 2.50 bits per heavy atom. The first-order valence-electron chi connectivity index (χ1n) is 9.02. The van der Waals surface area contributed by atoms with Gasteiger partial charge in [0.1, 0.15) is 0 Å². The smallest absolute Gasteiger partial charge is 0.378 e. The number of para-hydroxylation sites is 1. The van der Waals surface area contributed by atoms with Crippen LogP contribution in [0.15, 0.2) is 42.7 Å². The highest BCUT2D eigenvalue weighted by Crippen LogP contribution is 2.33. The number of ether oxygens (including phenoxy) is 1. The van der Waals surface area contributed by atoms with Crippen molar-refractivity contribution in [2.45, 2.75) is 6.18 Å². The summed E-state index contributed by atoms with van der Waals surface area (Å²) < 4.78 is 45.4. The number of alkyl halides is 3. The van der Waals surface area contributed by atoms with Crippen molar-refractivity contribution >= 4 is 34.2 Å². The number of morpholine rings is 1. The summed E-state index contributed by atoms with van der Waals surface area (Å²) in [6, 6.07) is 7.50. The van der Waals surface area contributed by atoms with Gasteiger partial charge in [-0.3, -0.25) is 14.2 Å². The largest absolute Gasteiger partial charge is 0.417 e. The van der Waals surface area contributed by atoms with E-state index in [4.69, 9.17) is 16.3 Å². The van der Waals surface area contributed by atoms with Crippen LogP contribution >= 0.6 is 11.6 Å². The summed E-state index contributed by atoms with van der Waals surface area (Å²) in [6.07, 6.45) is -2.52. The molecule has 2 aromatic heterocycles. The van der Waals surface area contributed by atoms with Gasteiger partial charge in [-0.2, -0.15) is 13.2 Å². The van der Waals surface area contributed by atoms with Crippen LogP contribution in [0.3, 0.4) is 0 Å². The highest BCUT2D eigenvalue weighted by Gasteiger charge is 2.32. The van der Waals surface area contributed by atoms with Gasteiger partial charge < -0.3 is 9.64 Å². The van der Waals surface area contributed by atoms with E-state index in [0.717, 1.165) is 6.07 Å². The molecule has 0 radical (unpaired) electrons. The maximum absolute atomic E-state index is 12.9. The first-order chi connectivity index (χ1) is 14.3. The number of nitrogens with zero attached hydrogens (tertiary/aromatic N) is 3. The molecule has 3 heterocycles. The highest BCUT2D eigenvalue weighted by molar-refractivity contribution is 6.45. The second kappa shape index (κ2) is 7.73. The van der Waals surface area contributed by atoms with Crippen LogP contribution in [0.5, 0.6) is 0 Å². The van der Waals surface area contributed by atoms with Crippen molar-refractivity contribution in [2.24, 2.45) is 0 Å². The molecule has 156 valence electrons. The topological polar surface area (TPSA) is 64.4 Å². The van der Waals surface area contributed by atoms with Crippen LogP contribution in [0, 0.1) is 0 Å². The predicted molar refractivity (Wildman–Crippen MR) is 103 cm³/mol. The van der Waals surface area contributed by atoms with Gasteiger partial charge >= 0.3 is 6.18 Å². The Kier molecular flexibility index (Phi) is 5.25. The molecular formula is C20H15ClF3N3O3. The van der Waals surface area contributed by atoms with E-state index in [0.29, 0.717) is 43.4 Å². The minimum Gasteiger partial charge on any atom is -0.378 e. The summed E-state index contributed by atoms with van der Waals surface area (Å²) in [7, 11) is 0. The van der Waals surface area contributed by atoms with Crippen LogP contribution < -0.4 is 0 Å². The van der Waals surface area contributed by atoms with Crippen LogP contribution in [0.1, 0.15) is 15.9 Å². The molecule has 0 N–H and O–H groups in total. The minimum atomic E-state index is -4.58. The number of fused-ring (bicyclic) bond motifs is 1. The molecule has 6 nitrogen and oxygen atoms in total. The van der Waals surface area contributed by atoms with Crippen LogP contribution in [0.2, 0.25) is 5.02 Å². The van der Waals surface area contributed by atoms with Crippen molar-refractivity contribution in [3.63, 3.8) is 0 Å². The summed E-state index contributed by atoms with van der Waals surface area (Å²) >= 11 is 6.09. The van der Waals surface area contributed by atoms with Gasteiger partial charge in [0.15, 0.2) is 5.82 Å². The number of aromatic nitrogens is 2. The average molecular weight is 438 g/mol. The van der Waals surface area contributed by atoms with E-state index in [1.54, 1.807) is 24.3 Å². The number of amides is 1. The number of benzene rings is 1. The van der Waals surface area contributed by atoms with Gasteiger partial charge in [-0.15, -0.1) is 0 Å². The maximum Gasteiger partial charge on any atom is 0.417 e. The molecule has 1 saturated heterocycles. The molecule has 1 aliphatic rings. The number of hydrogen-bond acceptors (Lipinski definition) is 4. The molecule has 0 bridgehead atoms. The SMILES string of the molecule is O=C(C(=O)N1CCOCC1)c1cn(-c2ncc(C(F)(F)F)cc2Cl)c2ccccc12. The van der Waals surface area contributed by atoms with E-state index in [2.05, 4.69) is 4.98 Å². The summed E-state index contributed by atoms with van der Waals surface area (Å²) in [4.78, 5) is 30.9. The van der Waals surface area contributed by atoms with Crippen LogP contribution in [-0.2, 0) is 15.7 Å². The zero-order chi connectivity index (χ0) is 21.5. The molecule has 1 aliphatic heterocycles. The van der Waals surface area contributed by atoms with Crippen LogP contribution in [0.4, 0.5) is 13.2 Å². The molecule has 30 heavy (non-hydrogen) atoms. The average Bonchev–Trinajstić information content (AvgIpc) is 3.12. The van der Waals surface area contributed by atoms with E-state index in [1.807, 2.05) is 0 Å². The van der Waals surface area contributed by atoms with E-state index >= 15 is 0 Å². The Hall–Kier alpha value is -2.91. The van der Waals surface area contributed by atoms with Crippen LogP contribution in [-0.4, -0.2) is 52.4 Å². The Morgan fingerprint density at radius 2 is 1.83 bits per heavy atom. The molecule has 4 rings (SSSR count). The number of ketones is 1. The van der Waals surface area contributed by atoms with Gasteiger partial charge in [-0.05, 0) is 12.1 Å². The second-order valence-electron chi connectivity index (χ2n) is 6.69.